The number of ether oxygens (including phenoxy) is 1. The molecule has 0 spiro atoms. The molecule has 1 aliphatic heterocycles. The maximum Gasteiger partial charge on any atom is 0.0653 e. The fourth-order valence-corrected chi connectivity index (χ4v) is 3.04. The second-order valence-electron chi connectivity index (χ2n) is 4.82. The summed E-state index contributed by atoms with van der Waals surface area (Å²) in [6.07, 6.45) is 9.43. The lowest BCUT2D eigenvalue weighted by Gasteiger charge is -2.38. The molecule has 1 saturated carbocycles. The molecular formula is C12H22O2. The molecule has 2 rings (SSSR count). The Labute approximate surface area is 86.6 Å². The van der Waals surface area contributed by atoms with Gasteiger partial charge in [-0.3, -0.25) is 0 Å². The Morgan fingerprint density at radius 1 is 1.00 bits per heavy atom. The largest absolute Gasteiger partial charge is 0.396 e. The topological polar surface area (TPSA) is 29.5 Å². The van der Waals surface area contributed by atoms with Crippen molar-refractivity contribution in [1.82, 2.24) is 0 Å². The van der Waals surface area contributed by atoms with Crippen molar-refractivity contribution in [2.24, 2.45) is 11.8 Å². The van der Waals surface area contributed by atoms with Gasteiger partial charge in [-0.2, -0.15) is 0 Å². The smallest absolute Gasteiger partial charge is 0.0653 e. The van der Waals surface area contributed by atoms with E-state index in [1.807, 2.05) is 0 Å². The first-order valence-corrected chi connectivity index (χ1v) is 6.14. The van der Waals surface area contributed by atoms with Gasteiger partial charge in [0.1, 0.15) is 0 Å². The van der Waals surface area contributed by atoms with Crippen LogP contribution in [-0.4, -0.2) is 24.4 Å². The van der Waals surface area contributed by atoms with Gasteiger partial charge in [0.15, 0.2) is 0 Å². The van der Waals surface area contributed by atoms with Crippen molar-refractivity contribution in [2.45, 2.75) is 51.0 Å². The van der Waals surface area contributed by atoms with Gasteiger partial charge in [0.2, 0.25) is 0 Å². The highest BCUT2D eigenvalue weighted by molar-refractivity contribution is 4.82. The maximum atomic E-state index is 9.31. The molecule has 0 bridgehead atoms. The summed E-state index contributed by atoms with van der Waals surface area (Å²) in [5.41, 5.74) is 0. The molecule has 2 fully saturated rings. The van der Waals surface area contributed by atoms with E-state index >= 15 is 0 Å². The zero-order valence-corrected chi connectivity index (χ0v) is 8.95. The van der Waals surface area contributed by atoms with Crippen molar-refractivity contribution in [2.75, 3.05) is 13.2 Å². The highest BCUT2D eigenvalue weighted by Gasteiger charge is 2.32. The lowest BCUT2D eigenvalue weighted by molar-refractivity contribution is -0.0818. The van der Waals surface area contributed by atoms with E-state index in [-0.39, 0.29) is 0 Å². The Morgan fingerprint density at radius 3 is 2.50 bits per heavy atom. The van der Waals surface area contributed by atoms with Crippen molar-refractivity contribution in [3.05, 3.63) is 0 Å². The Balaban J connectivity index is 1.91. The highest BCUT2D eigenvalue weighted by atomic mass is 16.5. The average Bonchev–Trinajstić information content (AvgIpc) is 2.30. The molecule has 1 heterocycles. The third-order valence-corrected chi connectivity index (χ3v) is 3.84. The van der Waals surface area contributed by atoms with E-state index in [2.05, 4.69) is 0 Å². The Kier molecular flexibility index (Phi) is 3.82. The van der Waals surface area contributed by atoms with Crippen LogP contribution in [0.1, 0.15) is 44.9 Å². The lowest BCUT2D eigenvalue weighted by atomic mass is 9.78. The van der Waals surface area contributed by atoms with Gasteiger partial charge in [0, 0.05) is 19.1 Å². The Bertz CT molecular complexity index is 164. The van der Waals surface area contributed by atoms with Crippen LogP contribution in [0.15, 0.2) is 0 Å². The molecule has 2 unspecified atom stereocenters. The Morgan fingerprint density at radius 2 is 1.79 bits per heavy atom. The molecular weight excluding hydrogens is 176 g/mol. The standard InChI is InChI=1S/C12H22O2/c13-9-11-7-4-8-14-12(11)10-5-2-1-3-6-10/h10-13H,1-9H2. The van der Waals surface area contributed by atoms with Gasteiger partial charge >= 0.3 is 0 Å². The second-order valence-corrected chi connectivity index (χ2v) is 4.82. The van der Waals surface area contributed by atoms with Gasteiger partial charge < -0.3 is 9.84 Å². The Hall–Kier alpha value is -0.0800. The van der Waals surface area contributed by atoms with E-state index in [9.17, 15) is 5.11 Å². The third kappa shape index (κ3) is 2.29. The van der Waals surface area contributed by atoms with Crippen molar-refractivity contribution in [3.63, 3.8) is 0 Å². The summed E-state index contributed by atoms with van der Waals surface area (Å²) in [5, 5.41) is 9.31. The molecule has 1 aliphatic carbocycles. The van der Waals surface area contributed by atoms with E-state index in [1.54, 1.807) is 0 Å². The fraction of sp³-hybridized carbons (Fsp3) is 1.00. The third-order valence-electron chi connectivity index (χ3n) is 3.84. The molecule has 2 nitrogen and oxygen atoms in total. The maximum absolute atomic E-state index is 9.31. The quantitative estimate of drug-likeness (QED) is 0.738. The van der Waals surface area contributed by atoms with Crippen LogP contribution in [0.4, 0.5) is 0 Å². The number of hydrogen-bond acceptors (Lipinski definition) is 2. The minimum absolute atomic E-state index is 0.321. The number of aliphatic hydroxyl groups is 1. The van der Waals surface area contributed by atoms with Crippen LogP contribution >= 0.6 is 0 Å². The molecule has 0 aromatic rings. The first-order chi connectivity index (χ1) is 6.92. The molecule has 1 saturated heterocycles. The summed E-state index contributed by atoms with van der Waals surface area (Å²) in [6, 6.07) is 0. The van der Waals surface area contributed by atoms with Crippen molar-refractivity contribution in [3.8, 4) is 0 Å². The number of hydrogen-bond donors (Lipinski definition) is 1. The minimum Gasteiger partial charge on any atom is -0.396 e. The summed E-state index contributed by atoms with van der Waals surface area (Å²) < 4.78 is 5.86. The molecule has 2 heteroatoms. The van der Waals surface area contributed by atoms with Crippen LogP contribution in [0.5, 0.6) is 0 Å². The molecule has 1 N–H and O–H groups in total. The molecule has 0 radical (unpaired) electrons. The van der Waals surface area contributed by atoms with Gasteiger partial charge in [0.05, 0.1) is 6.10 Å². The lowest BCUT2D eigenvalue weighted by Crippen LogP contribution is -2.38. The predicted molar refractivity (Wildman–Crippen MR) is 56.1 cm³/mol. The van der Waals surface area contributed by atoms with E-state index in [0.29, 0.717) is 18.6 Å². The molecule has 2 aliphatic rings. The van der Waals surface area contributed by atoms with Gasteiger partial charge in [-0.15, -0.1) is 0 Å². The number of rotatable bonds is 2. The van der Waals surface area contributed by atoms with E-state index in [4.69, 9.17) is 4.74 Å². The zero-order valence-electron chi connectivity index (χ0n) is 8.95. The SMILES string of the molecule is OCC1CCCOC1C1CCCCC1. The normalized spacial score (nSPS) is 35.8. The van der Waals surface area contributed by atoms with Crippen molar-refractivity contribution in [1.29, 1.82) is 0 Å². The molecule has 2 atom stereocenters. The zero-order chi connectivity index (χ0) is 9.80. The van der Waals surface area contributed by atoms with E-state index in [0.717, 1.165) is 25.4 Å². The summed E-state index contributed by atoms with van der Waals surface area (Å²) >= 11 is 0. The molecule has 0 aromatic carbocycles. The van der Waals surface area contributed by atoms with Crippen LogP contribution in [0.2, 0.25) is 0 Å². The van der Waals surface area contributed by atoms with Crippen molar-refractivity contribution < 1.29 is 9.84 Å². The predicted octanol–water partition coefficient (Wildman–Crippen LogP) is 2.35. The van der Waals surface area contributed by atoms with Gasteiger partial charge in [0.25, 0.3) is 0 Å². The van der Waals surface area contributed by atoms with Gasteiger partial charge in [-0.25, -0.2) is 0 Å². The van der Waals surface area contributed by atoms with Crippen molar-refractivity contribution >= 4 is 0 Å². The summed E-state index contributed by atoms with van der Waals surface area (Å²) in [6.45, 7) is 1.23. The van der Waals surface area contributed by atoms with Crippen LogP contribution in [0.25, 0.3) is 0 Å². The number of aliphatic hydroxyl groups excluding tert-OH is 1. The first kappa shape index (κ1) is 10.4. The monoisotopic (exact) mass is 198 g/mol. The second kappa shape index (κ2) is 5.13. The van der Waals surface area contributed by atoms with Crippen LogP contribution in [0.3, 0.4) is 0 Å². The molecule has 0 aromatic heterocycles. The fourth-order valence-electron chi connectivity index (χ4n) is 3.04. The average molecular weight is 198 g/mol. The molecule has 82 valence electrons. The van der Waals surface area contributed by atoms with Gasteiger partial charge in [-0.05, 0) is 31.6 Å². The highest BCUT2D eigenvalue weighted by Crippen LogP contribution is 2.34. The van der Waals surface area contributed by atoms with Crippen LogP contribution in [0, 0.1) is 11.8 Å². The molecule has 0 amide bonds. The van der Waals surface area contributed by atoms with E-state index in [1.165, 1.54) is 32.1 Å². The van der Waals surface area contributed by atoms with E-state index < -0.39 is 0 Å². The first-order valence-electron chi connectivity index (χ1n) is 6.14. The summed E-state index contributed by atoms with van der Waals surface area (Å²) in [4.78, 5) is 0. The van der Waals surface area contributed by atoms with Crippen LogP contribution in [-0.2, 0) is 4.74 Å². The van der Waals surface area contributed by atoms with Gasteiger partial charge in [-0.1, -0.05) is 19.3 Å². The summed E-state index contributed by atoms with van der Waals surface area (Å²) in [5.74, 6) is 1.16. The molecule has 14 heavy (non-hydrogen) atoms. The summed E-state index contributed by atoms with van der Waals surface area (Å²) in [7, 11) is 0. The minimum atomic E-state index is 0.321. The van der Waals surface area contributed by atoms with Crippen LogP contribution < -0.4 is 0 Å².